The fraction of sp³-hybridized carbons (Fsp3) is 0.0625. The summed E-state index contributed by atoms with van der Waals surface area (Å²) in [5, 5.41) is 9.53. The molecule has 4 heterocycles. The number of fused-ring (bicyclic) bond motifs is 4. The zero-order valence-electron chi connectivity index (χ0n) is 12.8. The van der Waals surface area contributed by atoms with E-state index in [1.807, 2.05) is 6.07 Å². The number of hydrogen-bond donors (Lipinski definition) is 1. The molecule has 0 amide bonds. The van der Waals surface area contributed by atoms with E-state index in [1.165, 1.54) is 10.7 Å². The summed E-state index contributed by atoms with van der Waals surface area (Å²) in [6.45, 7) is 0.115. The van der Waals surface area contributed by atoms with Gasteiger partial charge in [0.25, 0.3) is 11.1 Å². The molecule has 3 aromatic heterocycles. The van der Waals surface area contributed by atoms with E-state index in [4.69, 9.17) is 9.47 Å². The second kappa shape index (κ2) is 5.14. The number of ether oxygens (including phenoxy) is 2. The number of H-pyrrole nitrogens is 1. The average Bonchev–Trinajstić information content (AvgIpc) is 3.25. The molecule has 9 nitrogen and oxygen atoms in total. The molecule has 0 unspecified atom stereocenters. The Hall–Kier alpha value is -3.71. The molecule has 26 heavy (non-hydrogen) atoms. The lowest BCUT2D eigenvalue weighted by molar-refractivity contribution is 0.174. The molecule has 1 aliphatic heterocycles. The highest BCUT2D eigenvalue weighted by atomic mass is 32.1. The molecule has 4 aromatic rings. The third kappa shape index (κ3) is 1.88. The number of nitrogens with zero attached hydrogens (tertiary/aromatic N) is 4. The summed E-state index contributed by atoms with van der Waals surface area (Å²) in [6.07, 6.45) is 1.21. The molecule has 1 aromatic carbocycles. The third-order valence-corrected chi connectivity index (χ3v) is 5.04. The second-order valence-corrected chi connectivity index (χ2v) is 6.40. The minimum atomic E-state index is -0.575. The van der Waals surface area contributed by atoms with Gasteiger partial charge in [-0.3, -0.25) is 9.59 Å². The van der Waals surface area contributed by atoms with Crippen molar-refractivity contribution in [2.75, 3.05) is 6.79 Å². The minimum Gasteiger partial charge on any atom is -0.454 e. The Balaban J connectivity index is 1.88. The van der Waals surface area contributed by atoms with Crippen molar-refractivity contribution in [2.24, 2.45) is 0 Å². The third-order valence-electron chi connectivity index (χ3n) is 4.01. The molecule has 0 radical (unpaired) electrons. The molecule has 0 spiro atoms. The number of hydrogen-bond acceptors (Lipinski definition) is 8. The zero-order chi connectivity index (χ0) is 17.8. The van der Waals surface area contributed by atoms with Gasteiger partial charge in [0.2, 0.25) is 6.79 Å². The van der Waals surface area contributed by atoms with Gasteiger partial charge in [0.1, 0.15) is 16.3 Å². The number of aromatic amines is 1. The monoisotopic (exact) mass is 365 g/mol. The van der Waals surface area contributed by atoms with Crippen molar-refractivity contribution in [1.82, 2.24) is 19.4 Å². The summed E-state index contributed by atoms with van der Waals surface area (Å²) < 4.78 is 12.1. The SMILES string of the molecule is N#Cc1c(-c2ccc3c(c2)OCO3)nc2sc3c(=O)[nH]cnc3n2c1=O. The van der Waals surface area contributed by atoms with E-state index in [9.17, 15) is 14.9 Å². The van der Waals surface area contributed by atoms with Crippen LogP contribution in [0, 0.1) is 11.3 Å². The van der Waals surface area contributed by atoms with Crippen LogP contribution < -0.4 is 20.6 Å². The van der Waals surface area contributed by atoms with E-state index < -0.39 is 5.56 Å². The Morgan fingerprint density at radius 2 is 2.12 bits per heavy atom. The van der Waals surface area contributed by atoms with Crippen LogP contribution in [0.5, 0.6) is 11.5 Å². The first-order chi connectivity index (χ1) is 12.7. The molecule has 0 saturated heterocycles. The maximum absolute atomic E-state index is 12.9. The molecule has 0 aliphatic carbocycles. The van der Waals surface area contributed by atoms with Gasteiger partial charge in [0.15, 0.2) is 22.1 Å². The van der Waals surface area contributed by atoms with Gasteiger partial charge in [-0.25, -0.2) is 14.4 Å². The van der Waals surface area contributed by atoms with Crippen LogP contribution in [0.2, 0.25) is 0 Å². The molecule has 0 bridgehead atoms. The normalized spacial score (nSPS) is 12.6. The van der Waals surface area contributed by atoms with Crippen molar-refractivity contribution < 1.29 is 9.47 Å². The van der Waals surface area contributed by atoms with Gasteiger partial charge < -0.3 is 14.5 Å². The van der Waals surface area contributed by atoms with Gasteiger partial charge in [-0.2, -0.15) is 5.26 Å². The molecule has 1 N–H and O–H groups in total. The van der Waals surface area contributed by atoms with Gasteiger partial charge in [-0.1, -0.05) is 11.3 Å². The summed E-state index contributed by atoms with van der Waals surface area (Å²) in [4.78, 5) is 36.1. The smallest absolute Gasteiger partial charge is 0.278 e. The number of aromatic nitrogens is 4. The Morgan fingerprint density at radius 3 is 2.96 bits per heavy atom. The van der Waals surface area contributed by atoms with Crippen LogP contribution in [-0.4, -0.2) is 26.1 Å². The van der Waals surface area contributed by atoms with Crippen molar-refractivity contribution in [3.8, 4) is 28.8 Å². The lowest BCUT2D eigenvalue weighted by atomic mass is 10.1. The Kier molecular flexibility index (Phi) is 2.89. The summed E-state index contributed by atoms with van der Waals surface area (Å²) in [5.74, 6) is 1.10. The molecule has 0 atom stereocenters. The highest BCUT2D eigenvalue weighted by Crippen LogP contribution is 2.36. The van der Waals surface area contributed by atoms with Gasteiger partial charge in [0, 0.05) is 5.56 Å². The van der Waals surface area contributed by atoms with E-state index in [-0.39, 0.29) is 38.9 Å². The van der Waals surface area contributed by atoms with Gasteiger partial charge in [0.05, 0.1) is 12.0 Å². The van der Waals surface area contributed by atoms with Gasteiger partial charge in [-0.05, 0) is 18.2 Å². The molecule has 0 fully saturated rings. The molecule has 10 heteroatoms. The van der Waals surface area contributed by atoms with Crippen LogP contribution in [0.1, 0.15) is 5.56 Å². The maximum Gasteiger partial charge on any atom is 0.278 e. The first-order valence-electron chi connectivity index (χ1n) is 7.40. The maximum atomic E-state index is 12.9. The van der Waals surface area contributed by atoms with Crippen LogP contribution in [0.3, 0.4) is 0 Å². The summed E-state index contributed by atoms with van der Waals surface area (Å²) in [5.41, 5.74) is -0.130. The molecule has 126 valence electrons. The largest absolute Gasteiger partial charge is 0.454 e. The van der Waals surface area contributed by atoms with Gasteiger partial charge >= 0.3 is 0 Å². The molecular formula is C16H7N5O4S. The first kappa shape index (κ1) is 14.6. The number of thiazole rings is 1. The zero-order valence-corrected chi connectivity index (χ0v) is 13.7. The van der Waals surface area contributed by atoms with Crippen molar-refractivity contribution in [3.05, 3.63) is 50.8 Å². The predicted molar refractivity (Wildman–Crippen MR) is 91.5 cm³/mol. The van der Waals surface area contributed by atoms with Crippen LogP contribution in [0.25, 0.3) is 26.6 Å². The summed E-state index contributed by atoms with van der Waals surface area (Å²) in [7, 11) is 0. The van der Waals surface area contributed by atoms with Crippen molar-refractivity contribution in [3.63, 3.8) is 0 Å². The lowest BCUT2D eigenvalue weighted by Crippen LogP contribution is -2.19. The number of rotatable bonds is 1. The molecule has 0 saturated carbocycles. The molecule has 5 rings (SSSR count). The van der Waals surface area contributed by atoms with E-state index in [0.29, 0.717) is 17.1 Å². The fourth-order valence-corrected chi connectivity index (χ4v) is 3.80. The van der Waals surface area contributed by atoms with Crippen molar-refractivity contribution in [1.29, 1.82) is 5.26 Å². The van der Waals surface area contributed by atoms with Crippen LogP contribution >= 0.6 is 11.3 Å². The van der Waals surface area contributed by atoms with E-state index in [2.05, 4.69) is 15.0 Å². The Labute approximate surface area is 147 Å². The van der Waals surface area contributed by atoms with Crippen LogP contribution in [0.15, 0.2) is 34.1 Å². The Morgan fingerprint density at radius 1 is 1.27 bits per heavy atom. The molecule has 1 aliphatic rings. The highest BCUT2D eigenvalue weighted by molar-refractivity contribution is 7.23. The number of nitriles is 1. The number of benzene rings is 1. The molecular weight excluding hydrogens is 358 g/mol. The van der Waals surface area contributed by atoms with Gasteiger partial charge in [-0.15, -0.1) is 0 Å². The summed E-state index contributed by atoms with van der Waals surface area (Å²) in [6, 6.07) is 6.97. The van der Waals surface area contributed by atoms with Crippen molar-refractivity contribution >= 4 is 26.6 Å². The van der Waals surface area contributed by atoms with E-state index in [1.54, 1.807) is 18.2 Å². The summed E-state index contributed by atoms with van der Waals surface area (Å²) >= 11 is 1.04. The standard InChI is InChI=1S/C16H7N5O4S/c17-4-8-11(7-1-2-9-10(3-7)25-6-24-9)20-16-21(15(8)23)13-12(26-16)14(22)19-5-18-13/h1-3,5H,6H2,(H,18,19,22). The fourth-order valence-electron chi connectivity index (χ4n) is 2.83. The van der Waals surface area contributed by atoms with Crippen LogP contribution in [-0.2, 0) is 0 Å². The number of nitrogens with one attached hydrogen (secondary N) is 1. The first-order valence-corrected chi connectivity index (χ1v) is 8.22. The second-order valence-electron chi connectivity index (χ2n) is 5.42. The topological polar surface area (TPSA) is 122 Å². The Bertz CT molecular complexity index is 1380. The van der Waals surface area contributed by atoms with E-state index in [0.717, 1.165) is 11.3 Å². The van der Waals surface area contributed by atoms with Crippen LogP contribution in [0.4, 0.5) is 0 Å². The highest BCUT2D eigenvalue weighted by Gasteiger charge is 2.21. The van der Waals surface area contributed by atoms with E-state index >= 15 is 0 Å². The predicted octanol–water partition coefficient (Wildman–Crippen LogP) is 1.26. The average molecular weight is 365 g/mol. The van der Waals surface area contributed by atoms with Crippen molar-refractivity contribution in [2.45, 2.75) is 0 Å². The quantitative estimate of drug-likeness (QED) is 0.539. The minimum absolute atomic E-state index is 0.115. The lowest BCUT2D eigenvalue weighted by Gasteiger charge is -2.05.